The number of likely N-dealkylation sites (N-methyl/N-ethyl adjacent to an activating group) is 1. The molecular weight excluding hydrogens is 252 g/mol. The first-order chi connectivity index (χ1) is 9.49. The Bertz CT molecular complexity index is 415. The highest BCUT2D eigenvalue weighted by Gasteiger charge is 2.17. The third-order valence-corrected chi connectivity index (χ3v) is 3.59. The van der Waals surface area contributed by atoms with E-state index in [1.165, 1.54) is 18.2 Å². The number of amides is 1. The molecule has 0 saturated heterocycles. The summed E-state index contributed by atoms with van der Waals surface area (Å²) >= 11 is 0. The zero-order chi connectivity index (χ0) is 15.1. The molecule has 0 bridgehead atoms. The normalized spacial score (nSPS) is 14.1. The molecule has 4 nitrogen and oxygen atoms in total. The molecule has 2 atom stereocenters. The lowest BCUT2D eigenvalue weighted by Gasteiger charge is -2.26. The smallest absolute Gasteiger partial charge is 0.248 e. The Morgan fingerprint density at radius 1 is 1.30 bits per heavy atom. The van der Waals surface area contributed by atoms with Crippen LogP contribution in [0.1, 0.15) is 31.0 Å². The summed E-state index contributed by atoms with van der Waals surface area (Å²) in [7, 11) is 5.58. The number of carbonyl (C=O) groups excluding carboxylic acids is 1. The van der Waals surface area contributed by atoms with Gasteiger partial charge in [0.2, 0.25) is 5.91 Å². The molecule has 1 rings (SSSR count). The molecule has 1 aromatic carbocycles. The van der Waals surface area contributed by atoms with E-state index < -0.39 is 6.10 Å². The summed E-state index contributed by atoms with van der Waals surface area (Å²) in [5.41, 5.74) is 2.53. The van der Waals surface area contributed by atoms with Gasteiger partial charge in [0.25, 0.3) is 0 Å². The van der Waals surface area contributed by atoms with Crippen molar-refractivity contribution in [3.63, 3.8) is 0 Å². The van der Waals surface area contributed by atoms with Gasteiger partial charge in [-0.25, -0.2) is 0 Å². The number of aryl methyl sites for hydroxylation is 1. The van der Waals surface area contributed by atoms with Crippen LogP contribution in [0.4, 0.5) is 0 Å². The maximum absolute atomic E-state index is 11.8. The number of hydrogen-bond donors (Lipinski definition) is 1. The van der Waals surface area contributed by atoms with E-state index in [9.17, 15) is 4.79 Å². The Balaban J connectivity index is 2.71. The standard InChI is InChI=1S/C16H26N2O2/c1-6-13-7-9-14(10-8-13)15(18(3)4)11-17-16(19)12(2)20-5/h7-10,12,15H,6,11H2,1-5H3,(H,17,19). The maximum Gasteiger partial charge on any atom is 0.248 e. The zero-order valence-corrected chi connectivity index (χ0v) is 13.1. The second-order valence-corrected chi connectivity index (χ2v) is 5.20. The van der Waals surface area contributed by atoms with Crippen molar-refractivity contribution in [3.8, 4) is 0 Å². The van der Waals surface area contributed by atoms with Crippen LogP contribution in [0.15, 0.2) is 24.3 Å². The predicted molar refractivity (Wildman–Crippen MR) is 81.7 cm³/mol. The largest absolute Gasteiger partial charge is 0.372 e. The van der Waals surface area contributed by atoms with Crippen LogP contribution < -0.4 is 5.32 Å². The number of rotatable bonds is 7. The zero-order valence-electron chi connectivity index (χ0n) is 13.1. The summed E-state index contributed by atoms with van der Waals surface area (Å²) in [5, 5.41) is 2.94. The monoisotopic (exact) mass is 278 g/mol. The first-order valence-corrected chi connectivity index (χ1v) is 7.05. The average Bonchev–Trinajstić information content (AvgIpc) is 2.46. The molecule has 0 fully saturated rings. The second-order valence-electron chi connectivity index (χ2n) is 5.20. The van der Waals surface area contributed by atoms with Crippen LogP contribution in [0.5, 0.6) is 0 Å². The van der Waals surface area contributed by atoms with Gasteiger partial charge in [-0.3, -0.25) is 4.79 Å². The van der Waals surface area contributed by atoms with Crippen molar-refractivity contribution < 1.29 is 9.53 Å². The van der Waals surface area contributed by atoms with Gasteiger partial charge in [0.15, 0.2) is 0 Å². The summed E-state index contributed by atoms with van der Waals surface area (Å²) in [6.45, 7) is 4.46. The third kappa shape index (κ3) is 4.62. The molecule has 0 aliphatic rings. The topological polar surface area (TPSA) is 41.6 Å². The Morgan fingerprint density at radius 2 is 1.90 bits per heavy atom. The highest BCUT2D eigenvalue weighted by Crippen LogP contribution is 2.18. The second kappa shape index (κ2) is 8.02. The van der Waals surface area contributed by atoms with Gasteiger partial charge >= 0.3 is 0 Å². The van der Waals surface area contributed by atoms with E-state index in [2.05, 4.69) is 41.4 Å². The lowest BCUT2D eigenvalue weighted by molar-refractivity contribution is -0.130. The number of benzene rings is 1. The lowest BCUT2D eigenvalue weighted by Crippen LogP contribution is -2.39. The van der Waals surface area contributed by atoms with Crippen molar-refractivity contribution >= 4 is 5.91 Å². The molecule has 0 heterocycles. The van der Waals surface area contributed by atoms with Crippen LogP contribution in [0.3, 0.4) is 0 Å². The van der Waals surface area contributed by atoms with Gasteiger partial charge in [0, 0.05) is 13.7 Å². The van der Waals surface area contributed by atoms with Crippen LogP contribution in [0.25, 0.3) is 0 Å². The quantitative estimate of drug-likeness (QED) is 0.829. The van der Waals surface area contributed by atoms with Crippen molar-refractivity contribution in [2.45, 2.75) is 32.4 Å². The Hall–Kier alpha value is -1.39. The fraction of sp³-hybridized carbons (Fsp3) is 0.562. The SMILES string of the molecule is CCc1ccc(C(CNC(=O)C(C)OC)N(C)C)cc1. The van der Waals surface area contributed by atoms with Gasteiger partial charge in [-0.05, 0) is 38.6 Å². The van der Waals surface area contributed by atoms with Crippen LogP contribution >= 0.6 is 0 Å². The van der Waals surface area contributed by atoms with E-state index in [0.29, 0.717) is 6.54 Å². The van der Waals surface area contributed by atoms with E-state index >= 15 is 0 Å². The Labute approximate surface area is 122 Å². The number of nitrogens with one attached hydrogen (secondary N) is 1. The molecule has 0 radical (unpaired) electrons. The summed E-state index contributed by atoms with van der Waals surface area (Å²) in [6, 6.07) is 8.72. The molecule has 20 heavy (non-hydrogen) atoms. The number of carbonyl (C=O) groups is 1. The molecule has 0 aliphatic carbocycles. The molecule has 2 unspecified atom stereocenters. The molecular formula is C16H26N2O2. The van der Waals surface area contributed by atoms with Crippen LogP contribution in [-0.2, 0) is 16.0 Å². The minimum atomic E-state index is -0.416. The summed E-state index contributed by atoms with van der Waals surface area (Å²) in [4.78, 5) is 13.9. The fourth-order valence-electron chi connectivity index (χ4n) is 2.02. The minimum absolute atomic E-state index is 0.0791. The molecule has 1 amide bonds. The molecule has 0 aliphatic heterocycles. The summed E-state index contributed by atoms with van der Waals surface area (Å²) in [5.74, 6) is -0.0791. The summed E-state index contributed by atoms with van der Waals surface area (Å²) < 4.78 is 5.02. The molecule has 1 N–H and O–H groups in total. The van der Waals surface area contributed by atoms with Crippen molar-refractivity contribution in [2.24, 2.45) is 0 Å². The number of nitrogens with zero attached hydrogens (tertiary/aromatic N) is 1. The average molecular weight is 278 g/mol. The van der Waals surface area contributed by atoms with Gasteiger partial charge < -0.3 is 15.0 Å². The highest BCUT2D eigenvalue weighted by atomic mass is 16.5. The highest BCUT2D eigenvalue weighted by molar-refractivity contribution is 5.80. The van der Waals surface area contributed by atoms with Crippen LogP contribution in [0.2, 0.25) is 0 Å². The van der Waals surface area contributed by atoms with E-state index in [1.54, 1.807) is 6.92 Å². The van der Waals surface area contributed by atoms with Gasteiger partial charge in [-0.2, -0.15) is 0 Å². The minimum Gasteiger partial charge on any atom is -0.372 e. The molecule has 4 heteroatoms. The van der Waals surface area contributed by atoms with Crippen LogP contribution in [0, 0.1) is 0 Å². The van der Waals surface area contributed by atoms with Gasteiger partial charge in [-0.15, -0.1) is 0 Å². The number of ether oxygens (including phenoxy) is 1. The van der Waals surface area contributed by atoms with E-state index in [0.717, 1.165) is 6.42 Å². The molecule has 0 saturated carbocycles. The third-order valence-electron chi connectivity index (χ3n) is 3.59. The van der Waals surface area contributed by atoms with Gasteiger partial charge in [-0.1, -0.05) is 31.2 Å². The van der Waals surface area contributed by atoms with Crippen molar-refractivity contribution in [2.75, 3.05) is 27.7 Å². The Kier molecular flexibility index (Phi) is 6.68. The lowest BCUT2D eigenvalue weighted by atomic mass is 10.0. The van der Waals surface area contributed by atoms with E-state index in [1.807, 2.05) is 14.1 Å². The molecule has 112 valence electrons. The number of methoxy groups -OCH3 is 1. The van der Waals surface area contributed by atoms with E-state index in [-0.39, 0.29) is 11.9 Å². The fourth-order valence-corrected chi connectivity index (χ4v) is 2.02. The van der Waals surface area contributed by atoms with Crippen molar-refractivity contribution in [1.29, 1.82) is 0 Å². The van der Waals surface area contributed by atoms with Gasteiger partial charge in [0.1, 0.15) is 6.10 Å². The Morgan fingerprint density at radius 3 is 2.35 bits per heavy atom. The van der Waals surface area contributed by atoms with Gasteiger partial charge in [0.05, 0.1) is 6.04 Å². The number of hydrogen-bond acceptors (Lipinski definition) is 3. The van der Waals surface area contributed by atoms with Crippen LogP contribution in [-0.4, -0.2) is 44.7 Å². The first kappa shape index (κ1) is 16.7. The predicted octanol–water partition coefficient (Wildman–Crippen LogP) is 2.00. The molecule has 0 aromatic heterocycles. The first-order valence-electron chi connectivity index (χ1n) is 7.05. The molecule has 0 spiro atoms. The summed E-state index contributed by atoms with van der Waals surface area (Å²) in [6.07, 6.45) is 0.620. The van der Waals surface area contributed by atoms with Crippen molar-refractivity contribution in [1.82, 2.24) is 10.2 Å². The maximum atomic E-state index is 11.8. The molecule has 1 aromatic rings. The van der Waals surface area contributed by atoms with E-state index in [4.69, 9.17) is 4.74 Å². The van der Waals surface area contributed by atoms with Crippen molar-refractivity contribution in [3.05, 3.63) is 35.4 Å².